The lowest BCUT2D eigenvalue weighted by Crippen LogP contribution is -2.37. The van der Waals surface area contributed by atoms with Gasteiger partial charge in [-0.2, -0.15) is 0 Å². The topological polar surface area (TPSA) is 72.9 Å². The molecule has 0 aromatic heterocycles. The number of likely N-dealkylation sites (tertiary alicyclic amines) is 1. The van der Waals surface area contributed by atoms with Gasteiger partial charge in [-0.3, -0.25) is 19.3 Å². The van der Waals surface area contributed by atoms with Gasteiger partial charge in [0.2, 0.25) is 11.8 Å². The molecule has 6 nitrogen and oxygen atoms in total. The Morgan fingerprint density at radius 2 is 1.75 bits per heavy atom. The predicted molar refractivity (Wildman–Crippen MR) is 104 cm³/mol. The third-order valence-corrected chi connectivity index (χ3v) is 5.70. The van der Waals surface area contributed by atoms with E-state index in [0.717, 1.165) is 41.9 Å². The summed E-state index contributed by atoms with van der Waals surface area (Å²) in [4.78, 5) is 37.9. The van der Waals surface area contributed by atoms with Gasteiger partial charge in [-0.25, -0.2) is 0 Å². The van der Waals surface area contributed by atoms with E-state index in [2.05, 4.69) is 13.8 Å². The van der Waals surface area contributed by atoms with Crippen molar-refractivity contribution in [2.45, 2.75) is 52.4 Å². The van der Waals surface area contributed by atoms with E-state index >= 15 is 0 Å². The summed E-state index contributed by atoms with van der Waals surface area (Å²) in [6.45, 7) is 6.34. The van der Waals surface area contributed by atoms with Crippen LogP contribution in [0.15, 0.2) is 18.2 Å². The highest BCUT2D eigenvalue weighted by molar-refractivity contribution is 6.07. The lowest BCUT2D eigenvalue weighted by atomic mass is 9.81. The number of benzene rings is 1. The Bertz CT molecular complexity index is 733. The van der Waals surface area contributed by atoms with Gasteiger partial charge in [0.25, 0.3) is 0 Å². The minimum atomic E-state index is -0.574. The number of ether oxygens (including phenoxy) is 2. The molecule has 152 valence electrons. The van der Waals surface area contributed by atoms with Gasteiger partial charge in [-0.15, -0.1) is 0 Å². The molecule has 1 aromatic rings. The Hall–Kier alpha value is -2.37. The van der Waals surface area contributed by atoms with Crippen molar-refractivity contribution in [3.8, 4) is 5.75 Å². The molecule has 0 N–H and O–H groups in total. The maximum atomic E-state index is 12.4. The molecule has 0 spiro atoms. The van der Waals surface area contributed by atoms with Crippen LogP contribution in [0.4, 0.5) is 0 Å². The van der Waals surface area contributed by atoms with Crippen LogP contribution in [-0.2, 0) is 19.1 Å². The second kappa shape index (κ2) is 8.76. The van der Waals surface area contributed by atoms with Gasteiger partial charge in [-0.1, -0.05) is 32.8 Å². The van der Waals surface area contributed by atoms with Crippen LogP contribution in [0, 0.1) is 18.8 Å². The van der Waals surface area contributed by atoms with Gasteiger partial charge in [0.05, 0.1) is 11.8 Å². The Kier molecular flexibility index (Phi) is 6.37. The molecular formula is C22H29NO5. The number of imide groups is 1. The summed E-state index contributed by atoms with van der Waals surface area (Å²) < 4.78 is 10.8. The summed E-state index contributed by atoms with van der Waals surface area (Å²) in [5, 5.41) is 0. The fourth-order valence-electron chi connectivity index (χ4n) is 4.26. The molecule has 1 aliphatic carbocycles. The zero-order valence-corrected chi connectivity index (χ0v) is 16.9. The molecule has 2 fully saturated rings. The number of carbonyl (C=O) groups is 3. The highest BCUT2D eigenvalue weighted by Gasteiger charge is 2.48. The van der Waals surface area contributed by atoms with E-state index in [1.165, 1.54) is 5.56 Å². The van der Waals surface area contributed by atoms with Crippen LogP contribution >= 0.6 is 0 Å². The molecule has 2 unspecified atom stereocenters. The van der Waals surface area contributed by atoms with Crippen LogP contribution in [0.3, 0.4) is 0 Å². The average Bonchev–Trinajstić information content (AvgIpc) is 2.90. The second-order valence-corrected chi connectivity index (χ2v) is 8.00. The molecule has 2 amide bonds. The Morgan fingerprint density at radius 3 is 2.32 bits per heavy atom. The Morgan fingerprint density at radius 1 is 1.11 bits per heavy atom. The number of aryl methyl sites for hydroxylation is 1. The largest absolute Gasteiger partial charge is 0.490 e. The fourth-order valence-corrected chi connectivity index (χ4v) is 4.26. The molecule has 0 bridgehead atoms. The number of amides is 2. The molecule has 1 saturated heterocycles. The van der Waals surface area contributed by atoms with Crippen molar-refractivity contribution in [2.75, 3.05) is 19.8 Å². The Labute approximate surface area is 166 Å². The van der Waals surface area contributed by atoms with Crippen LogP contribution < -0.4 is 4.74 Å². The number of hydrogen-bond donors (Lipinski definition) is 0. The summed E-state index contributed by atoms with van der Waals surface area (Å²) in [7, 11) is 0. The monoisotopic (exact) mass is 387 g/mol. The highest BCUT2D eigenvalue weighted by Crippen LogP contribution is 2.37. The van der Waals surface area contributed by atoms with E-state index < -0.39 is 5.97 Å². The van der Waals surface area contributed by atoms with Crippen molar-refractivity contribution in [3.63, 3.8) is 0 Å². The summed E-state index contributed by atoms with van der Waals surface area (Å²) in [6, 6.07) is 5.93. The maximum Gasteiger partial charge on any atom is 0.326 e. The van der Waals surface area contributed by atoms with Crippen LogP contribution in [0.2, 0.25) is 0 Å². The quantitative estimate of drug-likeness (QED) is 0.408. The molecule has 0 radical (unpaired) electrons. The van der Waals surface area contributed by atoms with Crippen molar-refractivity contribution in [2.24, 2.45) is 11.8 Å². The van der Waals surface area contributed by atoms with Gasteiger partial charge in [0, 0.05) is 0 Å². The van der Waals surface area contributed by atoms with E-state index in [1.54, 1.807) is 0 Å². The van der Waals surface area contributed by atoms with Crippen molar-refractivity contribution in [3.05, 3.63) is 29.3 Å². The summed E-state index contributed by atoms with van der Waals surface area (Å²) in [6.07, 6.45) is 3.41. The van der Waals surface area contributed by atoms with E-state index in [0.29, 0.717) is 5.92 Å². The number of rotatable bonds is 7. The molecular weight excluding hydrogens is 358 g/mol. The molecule has 1 saturated carbocycles. The van der Waals surface area contributed by atoms with Gasteiger partial charge in [0.15, 0.2) is 0 Å². The summed E-state index contributed by atoms with van der Waals surface area (Å²) in [5.74, 6) is -0.312. The number of hydrogen-bond acceptors (Lipinski definition) is 5. The fraction of sp³-hybridized carbons (Fsp3) is 0.591. The number of nitrogens with zero attached hydrogens (tertiary/aromatic N) is 1. The molecule has 2 aliphatic rings. The first kappa shape index (κ1) is 20.4. The number of fused-ring (bicyclic) bond motifs is 1. The lowest BCUT2D eigenvalue weighted by molar-refractivity contribution is -0.153. The van der Waals surface area contributed by atoms with Gasteiger partial charge in [-0.05, 0) is 48.9 Å². The zero-order valence-electron chi connectivity index (χ0n) is 16.9. The van der Waals surface area contributed by atoms with Crippen molar-refractivity contribution >= 4 is 17.8 Å². The van der Waals surface area contributed by atoms with Crippen LogP contribution in [-0.4, -0.2) is 42.4 Å². The molecule has 1 aromatic carbocycles. The minimum Gasteiger partial charge on any atom is -0.490 e. The first-order valence-electron chi connectivity index (χ1n) is 10.1. The van der Waals surface area contributed by atoms with Crippen LogP contribution in [0.5, 0.6) is 5.75 Å². The third kappa shape index (κ3) is 4.37. The van der Waals surface area contributed by atoms with Crippen molar-refractivity contribution in [1.29, 1.82) is 0 Å². The Balaban J connectivity index is 1.43. The molecule has 28 heavy (non-hydrogen) atoms. The third-order valence-electron chi connectivity index (χ3n) is 5.70. The minimum absolute atomic E-state index is 0.0763. The molecule has 1 aliphatic heterocycles. The smallest absolute Gasteiger partial charge is 0.326 e. The molecule has 2 atom stereocenters. The van der Waals surface area contributed by atoms with Crippen LogP contribution in [0.25, 0.3) is 0 Å². The average molecular weight is 387 g/mol. The number of esters is 1. The molecule has 3 rings (SSSR count). The summed E-state index contributed by atoms with van der Waals surface area (Å²) >= 11 is 0. The SMILES string of the molecule is Cc1cc(OCCOC(=O)CN2C(=O)C3CCCCC3C2=O)ccc1C(C)C. The molecule has 6 heteroatoms. The van der Waals surface area contributed by atoms with Crippen LogP contribution in [0.1, 0.15) is 56.6 Å². The summed E-state index contributed by atoms with van der Waals surface area (Å²) in [5.41, 5.74) is 2.44. The van der Waals surface area contributed by atoms with E-state index in [4.69, 9.17) is 9.47 Å². The van der Waals surface area contributed by atoms with Gasteiger partial charge in [0.1, 0.15) is 25.5 Å². The first-order valence-corrected chi connectivity index (χ1v) is 10.1. The van der Waals surface area contributed by atoms with Gasteiger partial charge >= 0.3 is 5.97 Å². The van der Waals surface area contributed by atoms with E-state index in [1.807, 2.05) is 25.1 Å². The molecule has 1 heterocycles. The van der Waals surface area contributed by atoms with Gasteiger partial charge < -0.3 is 9.47 Å². The van der Waals surface area contributed by atoms with Crippen molar-refractivity contribution in [1.82, 2.24) is 4.90 Å². The predicted octanol–water partition coefficient (Wildman–Crippen LogP) is 3.22. The standard InChI is InChI=1S/C22H29NO5/c1-14(2)17-9-8-16(12-15(17)3)27-10-11-28-20(24)13-23-21(25)18-6-4-5-7-19(18)22(23)26/h8-9,12,14,18-19H,4-7,10-11,13H2,1-3H3. The zero-order chi connectivity index (χ0) is 20.3. The first-order chi connectivity index (χ1) is 13.4. The number of carbonyl (C=O) groups excluding carboxylic acids is 3. The second-order valence-electron chi connectivity index (χ2n) is 8.00. The van der Waals surface area contributed by atoms with Crippen molar-refractivity contribution < 1.29 is 23.9 Å². The van der Waals surface area contributed by atoms with E-state index in [9.17, 15) is 14.4 Å². The lowest BCUT2D eigenvalue weighted by Gasteiger charge is -2.19. The maximum absolute atomic E-state index is 12.4. The van der Waals surface area contributed by atoms with E-state index in [-0.39, 0.29) is 43.4 Å². The normalized spacial score (nSPS) is 21.8. The highest BCUT2D eigenvalue weighted by atomic mass is 16.6.